The number of likely N-dealkylation sites (tertiary alicyclic amines) is 2. The summed E-state index contributed by atoms with van der Waals surface area (Å²) in [6.45, 7) is 24.3. The maximum Gasteiger partial charge on any atom is 1.00 e. The van der Waals surface area contributed by atoms with Gasteiger partial charge in [-0.25, -0.2) is 19.6 Å². The quantitative estimate of drug-likeness (QED) is 0.0443. The number of fused-ring (bicyclic) bond motifs is 6. The number of aliphatic hydroxyl groups excluding tert-OH is 1. The van der Waals surface area contributed by atoms with E-state index >= 15 is 0 Å². The number of aromatic nitrogens is 4. The van der Waals surface area contributed by atoms with Gasteiger partial charge in [0, 0.05) is 145 Å². The van der Waals surface area contributed by atoms with E-state index in [1.54, 1.807) is 9.80 Å². The molecule has 0 radical (unpaired) electrons. The van der Waals surface area contributed by atoms with E-state index < -0.39 is 0 Å². The second-order valence-electron chi connectivity index (χ2n) is 28.6. The maximum absolute atomic E-state index is 12.9. The van der Waals surface area contributed by atoms with Gasteiger partial charge in [-0.1, -0.05) is 121 Å². The molecule has 4 atom stereocenters. The summed E-state index contributed by atoms with van der Waals surface area (Å²) in [6, 6.07) is 46.2. The summed E-state index contributed by atoms with van der Waals surface area (Å²) in [4.78, 5) is 74.1. The van der Waals surface area contributed by atoms with E-state index in [-0.39, 0.29) is 176 Å². The molecule has 8 aromatic rings. The Morgan fingerprint density at radius 3 is 1.41 bits per heavy atom. The molecule has 0 spiro atoms. The smallest absolute Gasteiger partial charge is 1.00 e. The van der Waals surface area contributed by atoms with E-state index in [0.29, 0.717) is 84.7 Å². The van der Waals surface area contributed by atoms with Gasteiger partial charge in [0.25, 0.3) is 6.47 Å². The van der Waals surface area contributed by atoms with E-state index in [4.69, 9.17) is 60.4 Å². The number of aryl methyl sites for hydroxylation is 2. The summed E-state index contributed by atoms with van der Waals surface area (Å²) < 4.78 is 27.3. The molecule has 26 heteroatoms. The molecule has 5 saturated heterocycles. The van der Waals surface area contributed by atoms with Crippen LogP contribution in [0.1, 0.15) is 71.9 Å². The Bertz CT molecular complexity index is 4180. The van der Waals surface area contributed by atoms with Crippen molar-refractivity contribution in [1.82, 2.24) is 39.5 Å². The number of aliphatic hydroxyl groups is 1. The average Bonchev–Trinajstić information content (AvgIpc) is 1.18. The van der Waals surface area contributed by atoms with Crippen LogP contribution in [0.5, 0.6) is 6.01 Å². The summed E-state index contributed by atoms with van der Waals surface area (Å²) in [5.74, 6) is 5.82. The molecule has 7 fully saturated rings. The van der Waals surface area contributed by atoms with E-state index in [1.165, 1.54) is 88.6 Å². The van der Waals surface area contributed by atoms with Crippen LogP contribution in [0, 0.1) is 37.5 Å². The number of carbonyl (C=O) groups is 3. The third-order valence-electron chi connectivity index (χ3n) is 21.1. The van der Waals surface area contributed by atoms with Crippen LogP contribution in [0.4, 0.5) is 32.6 Å². The van der Waals surface area contributed by atoms with Gasteiger partial charge >= 0.3 is 156 Å². The zero-order valence-electron chi connectivity index (χ0n) is 63.5. The number of hydrogen-bond donors (Lipinski definition) is 1. The standard InChI is InChI=1S/C38H44N6O3.C30H30ClN5O2.C8H15NO.C4H8O2.CH2O3.2Cs.H/c1-27-20-29-10-5-6-11-32(29)35(21-27)44-14-12-33-34(25-44)39-37(46-19-7-13-41-23-30-22-31(30)24-41)40-36(33)42-15-17-43(18-16-42)38(45)47-26-28-8-3-2-4-9-28;1-21-17-23-9-5-6-10-24(23)27(18-21)36-12-11-25-26(19-36)32-29(31)33-28(25)34-13-15-35(16-14-34)30(37)38-20-22-7-3-2-4-8-22;10-3-1-2-9-5-7-4-8(7)6-9;1-2-6-4-3-5-1;2-1-4-3;;;/h2-6,8-11,20-21,30-31H,7,12-19,22-26H2,1H3;2-10,17-18H,11-16,19-20H2,1H3;7-8,10H,1-6H2;1-4H2;1,3H;;;/q;;;;;2*+1;-1/p-1. The van der Waals surface area contributed by atoms with Gasteiger partial charge in [-0.05, 0) is 133 Å². The Balaban J connectivity index is 0.000000181. The van der Waals surface area contributed by atoms with Gasteiger partial charge in [-0.15, -0.1) is 0 Å². The van der Waals surface area contributed by atoms with Gasteiger partial charge in [0.05, 0.1) is 57.5 Å². The van der Waals surface area contributed by atoms with Gasteiger partial charge < -0.3 is 79.6 Å². The molecule has 23 nitrogen and oxygen atoms in total. The SMILES string of the molecule is C1COCCO1.Cc1cc(N2CCc3c(nc(Cl)nc3N3CCN(C(=O)OCc4ccccc4)CC3)C2)c2ccccc2c1.Cc1cc(N2CCc3c(nc(OCCCN4CC5CC5C4)nc3N3CCN(C(=O)OCc4ccccc4)CC3)C2)c2ccccc2c1.O=CO[O-].OCCCN1CC2CC2C1.[Cs+].[Cs+].[H-]. The number of hydrogen-bond acceptors (Lipinski definition) is 21. The molecule has 0 bridgehead atoms. The average molecular weight is 1720 g/mol. The van der Waals surface area contributed by atoms with E-state index in [1.807, 2.05) is 60.7 Å². The number of anilines is 4. The summed E-state index contributed by atoms with van der Waals surface area (Å²) >= 11 is 6.44. The third-order valence-corrected chi connectivity index (χ3v) is 21.3. The van der Waals surface area contributed by atoms with Crippen molar-refractivity contribution in [3.8, 4) is 6.01 Å². The maximum atomic E-state index is 12.9. The van der Waals surface area contributed by atoms with Crippen molar-refractivity contribution in [3.05, 3.63) is 184 Å². The predicted octanol–water partition coefficient (Wildman–Crippen LogP) is 4.20. The zero-order chi connectivity index (χ0) is 72.4. The third kappa shape index (κ3) is 23.2. The fourth-order valence-corrected chi connectivity index (χ4v) is 15.7. The number of rotatable bonds is 17. The molecular weight excluding hydrogens is 1620 g/mol. The van der Waals surface area contributed by atoms with Crippen LogP contribution in [-0.2, 0) is 67.8 Å². The Kier molecular flexibility index (Phi) is 32.3. The van der Waals surface area contributed by atoms with Crippen LogP contribution in [0.3, 0.4) is 0 Å². The molecule has 1 N–H and O–H groups in total. The van der Waals surface area contributed by atoms with Gasteiger partial charge in [-0.2, -0.15) is 9.97 Å². The zero-order valence-corrected chi connectivity index (χ0v) is 75.8. The summed E-state index contributed by atoms with van der Waals surface area (Å²) in [7, 11) is 0. The molecule has 4 unspecified atom stereocenters. The minimum absolute atomic E-state index is 0. The summed E-state index contributed by atoms with van der Waals surface area (Å²) in [6.07, 6.45) is 5.98. The molecule has 2 saturated carbocycles. The predicted molar refractivity (Wildman–Crippen MR) is 405 cm³/mol. The number of amides is 2. The fraction of sp³-hybridized carbons (Fsp3) is 0.469. The second kappa shape index (κ2) is 41.6. The minimum atomic E-state index is -0.280. The Hall–Kier alpha value is -4.84. The number of halogens is 1. The van der Waals surface area contributed by atoms with Crippen molar-refractivity contribution in [3.63, 3.8) is 0 Å². The Labute approximate surface area is 752 Å². The molecule has 107 heavy (non-hydrogen) atoms. The molecule has 9 heterocycles. The number of piperidine rings is 2. The van der Waals surface area contributed by atoms with Crippen LogP contribution < -0.4 is 167 Å². The first-order valence-corrected chi connectivity index (χ1v) is 37.7. The number of ether oxygens (including phenoxy) is 5. The van der Waals surface area contributed by atoms with Crippen molar-refractivity contribution in [1.29, 1.82) is 0 Å². The molecule has 9 aliphatic rings. The molecular formula is C81H99ClCs2N12O11. The molecule has 7 aliphatic heterocycles. The molecule has 6 aromatic carbocycles. The summed E-state index contributed by atoms with van der Waals surface area (Å²) in [5, 5.41) is 22.3. The van der Waals surface area contributed by atoms with Crippen LogP contribution in [0.2, 0.25) is 5.28 Å². The van der Waals surface area contributed by atoms with Gasteiger partial charge in [0.1, 0.15) is 24.8 Å². The van der Waals surface area contributed by atoms with Crippen molar-refractivity contribution in [2.75, 3.05) is 164 Å². The number of carbonyl (C=O) groups excluding carboxylic acids is 3. The molecule has 2 aliphatic carbocycles. The largest absolute Gasteiger partial charge is 1.00 e. The van der Waals surface area contributed by atoms with E-state index in [0.717, 1.165) is 142 Å². The Morgan fingerprint density at radius 1 is 0.551 bits per heavy atom. The van der Waals surface area contributed by atoms with Crippen LogP contribution in [0.15, 0.2) is 133 Å². The van der Waals surface area contributed by atoms with Crippen molar-refractivity contribution < 1.29 is 193 Å². The number of benzene rings is 6. The first-order valence-electron chi connectivity index (χ1n) is 37.3. The first kappa shape index (κ1) is 83.1. The van der Waals surface area contributed by atoms with Crippen molar-refractivity contribution in [2.45, 2.75) is 78.7 Å². The van der Waals surface area contributed by atoms with E-state index in [9.17, 15) is 9.59 Å². The second-order valence-corrected chi connectivity index (χ2v) is 28.9. The van der Waals surface area contributed by atoms with Gasteiger partial charge in [-0.3, -0.25) is 4.79 Å². The molecule has 558 valence electrons. The molecule has 2 aromatic heterocycles. The van der Waals surface area contributed by atoms with Crippen LogP contribution in [0.25, 0.3) is 21.5 Å². The number of piperazine rings is 2. The summed E-state index contributed by atoms with van der Waals surface area (Å²) in [5.41, 5.74) is 11.3. The minimum Gasteiger partial charge on any atom is -1.00 e. The van der Waals surface area contributed by atoms with Crippen molar-refractivity contribution >= 4 is 74.8 Å². The monoisotopic (exact) mass is 1720 g/mol. The normalized spacial score (nSPS) is 19.7. The topological polar surface area (TPSA) is 227 Å². The van der Waals surface area contributed by atoms with Crippen molar-refractivity contribution in [2.24, 2.45) is 23.7 Å². The van der Waals surface area contributed by atoms with Gasteiger partial charge in [0.2, 0.25) is 5.28 Å². The van der Waals surface area contributed by atoms with Crippen LogP contribution >= 0.6 is 11.6 Å². The van der Waals surface area contributed by atoms with Crippen LogP contribution in [-0.4, -0.2) is 208 Å². The van der Waals surface area contributed by atoms with Gasteiger partial charge in [0.15, 0.2) is 0 Å². The first-order chi connectivity index (χ1) is 51.4. The molecule has 17 rings (SSSR count). The number of nitrogens with zero attached hydrogens (tertiary/aromatic N) is 12. The van der Waals surface area contributed by atoms with E-state index in [2.05, 4.69) is 131 Å². The Morgan fingerprint density at radius 2 is 0.972 bits per heavy atom. The molecule has 2 amide bonds. The fourth-order valence-electron chi connectivity index (χ4n) is 15.5.